The first-order valence-electron chi connectivity index (χ1n) is 10.5. The lowest BCUT2D eigenvalue weighted by Gasteiger charge is -2.33. The van der Waals surface area contributed by atoms with Gasteiger partial charge in [-0.25, -0.2) is 9.97 Å². The second kappa shape index (κ2) is 9.14. The summed E-state index contributed by atoms with van der Waals surface area (Å²) in [6.45, 7) is 3.20. The van der Waals surface area contributed by atoms with Gasteiger partial charge in [-0.1, -0.05) is 23.7 Å². The van der Waals surface area contributed by atoms with E-state index in [4.69, 9.17) is 16.6 Å². The van der Waals surface area contributed by atoms with Crippen LogP contribution in [0.25, 0.3) is 11.1 Å². The van der Waals surface area contributed by atoms with E-state index < -0.39 is 0 Å². The van der Waals surface area contributed by atoms with Gasteiger partial charge in [-0.3, -0.25) is 4.68 Å². The van der Waals surface area contributed by atoms with Gasteiger partial charge in [0.25, 0.3) is 0 Å². The summed E-state index contributed by atoms with van der Waals surface area (Å²) in [5.41, 5.74) is 4.64. The maximum atomic E-state index is 6.02. The maximum absolute atomic E-state index is 6.02. The molecule has 1 aliphatic rings. The van der Waals surface area contributed by atoms with E-state index in [9.17, 15) is 0 Å². The van der Waals surface area contributed by atoms with Gasteiger partial charge in [0.2, 0.25) is 5.95 Å². The van der Waals surface area contributed by atoms with Crippen molar-refractivity contribution >= 4 is 17.5 Å². The molecular weight excluding hydrogens is 396 g/mol. The van der Waals surface area contributed by atoms with Gasteiger partial charge in [0.1, 0.15) is 0 Å². The highest BCUT2D eigenvalue weighted by molar-refractivity contribution is 6.30. The molecule has 0 bridgehead atoms. The molecule has 1 aliphatic heterocycles. The van der Waals surface area contributed by atoms with E-state index in [2.05, 4.69) is 27.1 Å². The first-order valence-corrected chi connectivity index (χ1v) is 10.9. The lowest BCUT2D eigenvalue weighted by molar-refractivity contribution is 0.208. The quantitative estimate of drug-likeness (QED) is 0.598. The first kappa shape index (κ1) is 20.8. The van der Waals surface area contributed by atoms with Crippen LogP contribution in [0, 0.1) is 0 Å². The highest BCUT2D eigenvalue weighted by Gasteiger charge is 2.26. The standard InChI is InChI=1S/C23H29ClN6/c1-28(2)23-25-14-21(19-13-26-29(3)15-19)22(27-23)18-5-4-11-30(16-18)12-10-17-6-8-20(24)9-7-17/h6-9,13-15,18H,4-5,10-12,16H2,1-3H3. The fourth-order valence-electron chi connectivity index (χ4n) is 4.11. The lowest BCUT2D eigenvalue weighted by Crippen LogP contribution is -2.36. The average molecular weight is 425 g/mol. The van der Waals surface area contributed by atoms with Crippen molar-refractivity contribution in [3.05, 3.63) is 59.1 Å². The summed E-state index contributed by atoms with van der Waals surface area (Å²) >= 11 is 6.02. The molecule has 2 aromatic heterocycles. The van der Waals surface area contributed by atoms with Gasteiger partial charge in [-0.2, -0.15) is 5.10 Å². The van der Waals surface area contributed by atoms with Crippen LogP contribution in [0.3, 0.4) is 0 Å². The van der Waals surface area contributed by atoms with Gasteiger partial charge in [0, 0.05) is 68.7 Å². The Morgan fingerprint density at radius 3 is 2.67 bits per heavy atom. The molecule has 158 valence electrons. The van der Waals surface area contributed by atoms with Crippen LogP contribution in [0.15, 0.2) is 42.9 Å². The van der Waals surface area contributed by atoms with Crippen molar-refractivity contribution in [2.75, 3.05) is 38.6 Å². The Morgan fingerprint density at radius 2 is 1.97 bits per heavy atom. The topological polar surface area (TPSA) is 50.1 Å². The fraction of sp³-hybridized carbons (Fsp3) is 0.435. The van der Waals surface area contributed by atoms with Crippen molar-refractivity contribution in [3.63, 3.8) is 0 Å². The number of rotatable bonds is 6. The van der Waals surface area contributed by atoms with E-state index >= 15 is 0 Å². The van der Waals surface area contributed by atoms with E-state index in [1.165, 1.54) is 12.0 Å². The molecule has 3 aromatic rings. The number of likely N-dealkylation sites (tertiary alicyclic amines) is 1. The van der Waals surface area contributed by atoms with Crippen LogP contribution in [-0.2, 0) is 13.5 Å². The summed E-state index contributed by atoms with van der Waals surface area (Å²) in [7, 11) is 5.92. The van der Waals surface area contributed by atoms with Crippen molar-refractivity contribution < 1.29 is 0 Å². The number of hydrogen-bond acceptors (Lipinski definition) is 5. The lowest BCUT2D eigenvalue weighted by atomic mass is 9.90. The van der Waals surface area contributed by atoms with Crippen LogP contribution in [0.5, 0.6) is 0 Å². The molecule has 1 saturated heterocycles. The summed E-state index contributed by atoms with van der Waals surface area (Å²) in [5, 5.41) is 5.14. The average Bonchev–Trinajstić information content (AvgIpc) is 3.19. The normalized spacial score (nSPS) is 17.3. The Kier molecular flexibility index (Phi) is 6.35. The van der Waals surface area contributed by atoms with Crippen LogP contribution in [0.2, 0.25) is 5.02 Å². The van der Waals surface area contributed by atoms with Crippen LogP contribution in [-0.4, -0.2) is 58.4 Å². The molecule has 30 heavy (non-hydrogen) atoms. The SMILES string of the molecule is CN(C)c1ncc(-c2cnn(C)c2)c(C2CCCN(CCc3ccc(Cl)cc3)C2)n1. The molecular formula is C23H29ClN6. The van der Waals surface area contributed by atoms with E-state index in [0.717, 1.165) is 60.3 Å². The second-order valence-electron chi connectivity index (χ2n) is 8.28. The van der Waals surface area contributed by atoms with Gasteiger partial charge in [0.05, 0.1) is 11.9 Å². The Hall–Kier alpha value is -2.44. The third-order valence-corrected chi connectivity index (χ3v) is 6.00. The number of nitrogens with zero attached hydrogens (tertiary/aromatic N) is 6. The third-order valence-electron chi connectivity index (χ3n) is 5.74. The summed E-state index contributed by atoms with van der Waals surface area (Å²) in [6, 6.07) is 8.19. The zero-order valence-electron chi connectivity index (χ0n) is 17.9. The monoisotopic (exact) mass is 424 g/mol. The molecule has 1 aromatic carbocycles. The van der Waals surface area contributed by atoms with Crippen molar-refractivity contribution in [1.82, 2.24) is 24.6 Å². The van der Waals surface area contributed by atoms with E-state index in [-0.39, 0.29) is 0 Å². The van der Waals surface area contributed by atoms with Gasteiger partial charge in [0.15, 0.2) is 0 Å². The summed E-state index contributed by atoms with van der Waals surface area (Å²) in [4.78, 5) is 14.1. The molecule has 1 unspecified atom stereocenters. The Balaban J connectivity index is 1.54. The maximum Gasteiger partial charge on any atom is 0.225 e. The van der Waals surface area contributed by atoms with E-state index in [1.54, 1.807) is 0 Å². The van der Waals surface area contributed by atoms with Crippen molar-refractivity contribution in [1.29, 1.82) is 0 Å². The minimum atomic E-state index is 0.390. The van der Waals surface area contributed by atoms with E-state index in [1.807, 2.05) is 61.4 Å². The molecule has 0 radical (unpaired) electrons. The molecule has 7 heteroatoms. The molecule has 0 aliphatic carbocycles. The molecule has 3 heterocycles. The van der Waals surface area contributed by atoms with Gasteiger partial charge >= 0.3 is 0 Å². The molecule has 6 nitrogen and oxygen atoms in total. The molecule has 1 atom stereocenters. The Morgan fingerprint density at radius 1 is 1.17 bits per heavy atom. The van der Waals surface area contributed by atoms with Crippen LogP contribution >= 0.6 is 11.6 Å². The molecule has 0 N–H and O–H groups in total. The van der Waals surface area contributed by atoms with Gasteiger partial charge in [-0.15, -0.1) is 0 Å². The zero-order chi connectivity index (χ0) is 21.1. The predicted molar refractivity (Wildman–Crippen MR) is 122 cm³/mol. The van der Waals surface area contributed by atoms with Crippen LogP contribution in [0.4, 0.5) is 5.95 Å². The molecule has 4 rings (SSSR count). The number of aromatic nitrogens is 4. The summed E-state index contributed by atoms with van der Waals surface area (Å²) in [6.07, 6.45) is 9.26. The fourth-order valence-corrected chi connectivity index (χ4v) is 4.24. The smallest absolute Gasteiger partial charge is 0.225 e. The number of benzene rings is 1. The Labute approximate surface area is 183 Å². The molecule has 0 spiro atoms. The van der Waals surface area contributed by atoms with Crippen LogP contribution in [0.1, 0.15) is 30.0 Å². The van der Waals surface area contributed by atoms with Crippen molar-refractivity contribution in [2.45, 2.75) is 25.2 Å². The number of piperidine rings is 1. The zero-order valence-corrected chi connectivity index (χ0v) is 18.7. The molecule has 0 saturated carbocycles. The van der Waals surface area contributed by atoms with Crippen molar-refractivity contribution in [3.8, 4) is 11.1 Å². The largest absolute Gasteiger partial charge is 0.347 e. The third kappa shape index (κ3) is 4.82. The van der Waals surface area contributed by atoms with Crippen LogP contribution < -0.4 is 4.90 Å². The number of hydrogen-bond donors (Lipinski definition) is 0. The van der Waals surface area contributed by atoms with Gasteiger partial charge in [-0.05, 0) is 43.5 Å². The second-order valence-corrected chi connectivity index (χ2v) is 8.72. The minimum Gasteiger partial charge on any atom is -0.347 e. The Bertz CT molecular complexity index is 982. The van der Waals surface area contributed by atoms with E-state index in [0.29, 0.717) is 5.92 Å². The predicted octanol–water partition coefficient (Wildman–Crippen LogP) is 4.02. The highest BCUT2D eigenvalue weighted by atomic mass is 35.5. The number of aryl methyl sites for hydroxylation is 1. The molecule has 0 amide bonds. The highest BCUT2D eigenvalue weighted by Crippen LogP contribution is 2.33. The number of halogens is 1. The summed E-state index contributed by atoms with van der Waals surface area (Å²) in [5.74, 6) is 1.15. The number of anilines is 1. The molecule has 1 fully saturated rings. The minimum absolute atomic E-state index is 0.390. The first-order chi connectivity index (χ1) is 14.5. The van der Waals surface area contributed by atoms with Gasteiger partial charge < -0.3 is 9.80 Å². The van der Waals surface area contributed by atoms with Crippen molar-refractivity contribution in [2.24, 2.45) is 7.05 Å². The summed E-state index contributed by atoms with van der Waals surface area (Å²) < 4.78 is 1.83.